The second-order valence-electron chi connectivity index (χ2n) is 4.10. The Bertz CT molecular complexity index is 622. The van der Waals surface area contributed by atoms with Crippen molar-refractivity contribution in [2.75, 3.05) is 7.11 Å². The van der Waals surface area contributed by atoms with Crippen LogP contribution in [0.4, 0.5) is 4.39 Å². The van der Waals surface area contributed by atoms with E-state index in [1.807, 2.05) is 0 Å². The number of carboxylic acid groups (broad SMARTS) is 1. The molecule has 0 aliphatic rings. The molecule has 1 N–H and O–H groups in total. The number of benzene rings is 1. The Hall–Kier alpha value is -2.37. The molecule has 0 aliphatic carbocycles. The molecule has 0 saturated heterocycles. The fourth-order valence-corrected chi connectivity index (χ4v) is 1.76. The summed E-state index contributed by atoms with van der Waals surface area (Å²) in [5, 5.41) is 12.8. The molecule has 0 spiro atoms. The minimum Gasteiger partial charge on any atom is -0.494 e. The van der Waals surface area contributed by atoms with Gasteiger partial charge in [0.05, 0.1) is 13.7 Å². The molecule has 5 nitrogen and oxygen atoms in total. The van der Waals surface area contributed by atoms with Crippen molar-refractivity contribution in [3.8, 4) is 5.75 Å². The number of nitrogens with zero attached hydrogens (tertiary/aromatic N) is 2. The van der Waals surface area contributed by atoms with Gasteiger partial charge in [0.25, 0.3) is 0 Å². The Morgan fingerprint density at radius 1 is 1.47 bits per heavy atom. The van der Waals surface area contributed by atoms with Gasteiger partial charge in [-0.3, -0.25) is 4.68 Å². The molecule has 0 unspecified atom stereocenters. The van der Waals surface area contributed by atoms with Gasteiger partial charge in [-0.25, -0.2) is 9.18 Å². The summed E-state index contributed by atoms with van der Waals surface area (Å²) in [6.45, 7) is 2.05. The van der Waals surface area contributed by atoms with Crippen LogP contribution in [0.2, 0.25) is 0 Å². The highest BCUT2D eigenvalue weighted by Gasteiger charge is 2.11. The van der Waals surface area contributed by atoms with Crippen molar-refractivity contribution in [2.45, 2.75) is 13.5 Å². The minimum absolute atomic E-state index is 0.0218. The van der Waals surface area contributed by atoms with Gasteiger partial charge in [0.15, 0.2) is 17.3 Å². The average Bonchev–Trinajstić information content (AvgIpc) is 2.71. The van der Waals surface area contributed by atoms with Crippen molar-refractivity contribution >= 4 is 5.97 Å². The van der Waals surface area contributed by atoms with Gasteiger partial charge in [-0.05, 0) is 30.7 Å². The van der Waals surface area contributed by atoms with E-state index in [4.69, 9.17) is 9.84 Å². The molecule has 0 aliphatic heterocycles. The fourth-order valence-electron chi connectivity index (χ4n) is 1.76. The lowest BCUT2D eigenvalue weighted by atomic mass is 10.2. The van der Waals surface area contributed by atoms with Gasteiger partial charge in [0.2, 0.25) is 0 Å². The highest BCUT2D eigenvalue weighted by Crippen LogP contribution is 2.18. The van der Waals surface area contributed by atoms with Gasteiger partial charge in [0.1, 0.15) is 0 Å². The Morgan fingerprint density at radius 3 is 2.74 bits per heavy atom. The summed E-state index contributed by atoms with van der Waals surface area (Å²) in [5.41, 5.74) is 1.36. The normalized spacial score (nSPS) is 10.5. The number of carboxylic acids is 1. The molecule has 2 rings (SSSR count). The van der Waals surface area contributed by atoms with Crippen LogP contribution in [-0.4, -0.2) is 28.0 Å². The first-order valence-corrected chi connectivity index (χ1v) is 5.61. The van der Waals surface area contributed by atoms with Crippen LogP contribution in [0.1, 0.15) is 21.7 Å². The third-order valence-electron chi connectivity index (χ3n) is 2.75. The van der Waals surface area contributed by atoms with Crippen LogP contribution >= 0.6 is 0 Å². The molecular formula is C13H13FN2O3. The first kappa shape index (κ1) is 13.1. The van der Waals surface area contributed by atoms with Crippen LogP contribution in [0.25, 0.3) is 0 Å². The predicted molar refractivity (Wildman–Crippen MR) is 66.0 cm³/mol. The Labute approximate surface area is 109 Å². The number of aryl methyl sites for hydroxylation is 1. The topological polar surface area (TPSA) is 64.4 Å². The van der Waals surface area contributed by atoms with Gasteiger partial charge in [0, 0.05) is 5.69 Å². The van der Waals surface area contributed by atoms with Gasteiger partial charge < -0.3 is 9.84 Å². The van der Waals surface area contributed by atoms with Crippen molar-refractivity contribution in [1.82, 2.24) is 9.78 Å². The van der Waals surface area contributed by atoms with Crippen LogP contribution < -0.4 is 4.74 Å². The fraction of sp³-hybridized carbons (Fsp3) is 0.231. The second-order valence-corrected chi connectivity index (χ2v) is 4.10. The number of carbonyl (C=O) groups is 1. The van der Waals surface area contributed by atoms with Crippen LogP contribution in [0.3, 0.4) is 0 Å². The maximum absolute atomic E-state index is 13.5. The second kappa shape index (κ2) is 5.09. The quantitative estimate of drug-likeness (QED) is 0.918. The van der Waals surface area contributed by atoms with E-state index in [9.17, 15) is 9.18 Å². The molecule has 1 aromatic carbocycles. The maximum Gasteiger partial charge on any atom is 0.356 e. The van der Waals surface area contributed by atoms with E-state index in [1.54, 1.807) is 13.0 Å². The van der Waals surface area contributed by atoms with Crippen LogP contribution in [0, 0.1) is 12.7 Å². The van der Waals surface area contributed by atoms with E-state index in [-0.39, 0.29) is 11.4 Å². The summed E-state index contributed by atoms with van der Waals surface area (Å²) in [7, 11) is 1.40. The third-order valence-corrected chi connectivity index (χ3v) is 2.75. The minimum atomic E-state index is -1.08. The van der Waals surface area contributed by atoms with E-state index >= 15 is 0 Å². The number of hydrogen-bond acceptors (Lipinski definition) is 3. The van der Waals surface area contributed by atoms with E-state index in [1.165, 1.54) is 30.0 Å². The largest absolute Gasteiger partial charge is 0.494 e. The molecule has 6 heteroatoms. The van der Waals surface area contributed by atoms with E-state index in [0.717, 1.165) is 0 Å². The van der Waals surface area contributed by atoms with Crippen LogP contribution in [0.15, 0.2) is 24.3 Å². The Morgan fingerprint density at radius 2 is 2.21 bits per heavy atom. The maximum atomic E-state index is 13.5. The number of ether oxygens (including phenoxy) is 1. The number of halogens is 1. The molecule has 0 radical (unpaired) electrons. The lowest BCUT2D eigenvalue weighted by Crippen LogP contribution is -2.06. The summed E-state index contributed by atoms with van der Waals surface area (Å²) in [6, 6.07) is 6.06. The SMILES string of the molecule is COc1ccc(Cn2nc(C(=O)O)cc2C)cc1F. The van der Waals surface area contributed by atoms with E-state index in [2.05, 4.69) is 5.10 Å². The van der Waals surface area contributed by atoms with Gasteiger partial charge >= 0.3 is 5.97 Å². The molecule has 19 heavy (non-hydrogen) atoms. The molecule has 100 valence electrons. The molecule has 0 saturated carbocycles. The highest BCUT2D eigenvalue weighted by atomic mass is 19.1. The van der Waals surface area contributed by atoms with Crippen molar-refractivity contribution in [2.24, 2.45) is 0 Å². The number of aromatic carboxylic acids is 1. The zero-order valence-electron chi connectivity index (χ0n) is 10.6. The van der Waals surface area contributed by atoms with Gasteiger partial charge in [-0.2, -0.15) is 5.10 Å². The summed E-state index contributed by atoms with van der Waals surface area (Å²) >= 11 is 0. The first-order valence-electron chi connectivity index (χ1n) is 5.61. The number of aromatic nitrogens is 2. The zero-order valence-corrected chi connectivity index (χ0v) is 10.6. The van der Waals surface area contributed by atoms with Crippen molar-refractivity contribution in [3.05, 3.63) is 47.0 Å². The molecule has 1 aromatic heterocycles. The van der Waals surface area contributed by atoms with Crippen molar-refractivity contribution in [1.29, 1.82) is 0 Å². The first-order chi connectivity index (χ1) is 9.01. The molecule has 1 heterocycles. The van der Waals surface area contributed by atoms with E-state index < -0.39 is 11.8 Å². The molecule has 0 bridgehead atoms. The molecule has 2 aromatic rings. The molecule has 0 atom stereocenters. The lowest BCUT2D eigenvalue weighted by Gasteiger charge is -2.07. The zero-order chi connectivity index (χ0) is 14.0. The number of hydrogen-bond donors (Lipinski definition) is 1. The van der Waals surface area contributed by atoms with Crippen molar-refractivity contribution in [3.63, 3.8) is 0 Å². The summed E-state index contributed by atoms with van der Waals surface area (Å²) in [6.07, 6.45) is 0. The lowest BCUT2D eigenvalue weighted by molar-refractivity contribution is 0.0689. The van der Waals surface area contributed by atoms with Crippen LogP contribution in [0.5, 0.6) is 5.75 Å². The number of methoxy groups -OCH3 is 1. The average molecular weight is 264 g/mol. The van der Waals surface area contributed by atoms with Crippen LogP contribution in [-0.2, 0) is 6.54 Å². The molecule has 0 amide bonds. The Balaban J connectivity index is 2.26. The van der Waals surface area contributed by atoms with Crippen molar-refractivity contribution < 1.29 is 19.0 Å². The standard InChI is InChI=1S/C13H13FN2O3/c1-8-5-11(13(17)18)15-16(8)7-9-3-4-12(19-2)10(14)6-9/h3-6H,7H2,1-2H3,(H,17,18). The van der Waals surface area contributed by atoms with Gasteiger partial charge in [-0.15, -0.1) is 0 Å². The molecule has 0 fully saturated rings. The van der Waals surface area contributed by atoms with Gasteiger partial charge in [-0.1, -0.05) is 6.07 Å². The highest BCUT2D eigenvalue weighted by molar-refractivity contribution is 5.85. The summed E-state index contributed by atoms with van der Waals surface area (Å²) in [5.74, 6) is -1.36. The predicted octanol–water partition coefficient (Wildman–Crippen LogP) is 2.09. The number of rotatable bonds is 4. The third kappa shape index (κ3) is 2.73. The monoisotopic (exact) mass is 264 g/mol. The van der Waals surface area contributed by atoms with E-state index in [0.29, 0.717) is 17.8 Å². The summed E-state index contributed by atoms with van der Waals surface area (Å²) < 4.78 is 19.9. The molecular weight excluding hydrogens is 251 g/mol. The Kier molecular flexibility index (Phi) is 3.50. The smallest absolute Gasteiger partial charge is 0.356 e. The summed E-state index contributed by atoms with van der Waals surface area (Å²) in [4.78, 5) is 10.8.